The largest absolute Gasteiger partial charge is 0.438 e. The molecule has 2 atom stereocenters. The molecule has 0 fully saturated rings. The summed E-state index contributed by atoms with van der Waals surface area (Å²) < 4.78 is 7.65. The number of aromatic nitrogens is 1. The van der Waals surface area contributed by atoms with Crippen LogP contribution < -0.4 is 4.74 Å². The lowest BCUT2D eigenvalue weighted by molar-refractivity contribution is 0.00610. The van der Waals surface area contributed by atoms with Crippen LogP contribution in [-0.4, -0.2) is 35.6 Å². The molecule has 5 aromatic rings. The Bertz CT molecular complexity index is 1620. The third-order valence-corrected chi connectivity index (χ3v) is 8.13. The number of fused-ring (bicyclic) bond motifs is 6. The van der Waals surface area contributed by atoms with Crippen molar-refractivity contribution in [3.8, 4) is 11.6 Å². The number of hydrogen-bond acceptors (Lipinski definition) is 4. The first kappa shape index (κ1) is 25.1. The first-order chi connectivity index (χ1) is 18.4. The molecular formula is C33H31BrN2O2. The summed E-state index contributed by atoms with van der Waals surface area (Å²) >= 11 is 3.62. The molecule has 2 heterocycles. The zero-order chi connectivity index (χ0) is 26.3. The minimum atomic E-state index is -1.16. The smallest absolute Gasteiger partial charge is 0.223 e. The van der Waals surface area contributed by atoms with E-state index in [0.717, 1.165) is 68.0 Å². The zero-order valence-electron chi connectivity index (χ0n) is 21.7. The van der Waals surface area contributed by atoms with Gasteiger partial charge in [-0.2, -0.15) is 0 Å². The van der Waals surface area contributed by atoms with Gasteiger partial charge < -0.3 is 14.7 Å². The molecule has 0 saturated heterocycles. The average molecular weight is 568 g/mol. The molecule has 0 radical (unpaired) electrons. The third kappa shape index (κ3) is 4.60. The van der Waals surface area contributed by atoms with Gasteiger partial charge in [-0.25, -0.2) is 4.98 Å². The van der Waals surface area contributed by atoms with E-state index in [0.29, 0.717) is 12.3 Å². The summed E-state index contributed by atoms with van der Waals surface area (Å²) in [5.41, 5.74) is 2.51. The molecule has 0 amide bonds. The Hall–Kier alpha value is -3.25. The summed E-state index contributed by atoms with van der Waals surface area (Å²) in [7, 11) is 4.19. The van der Waals surface area contributed by atoms with Gasteiger partial charge in [0, 0.05) is 26.7 Å². The second kappa shape index (κ2) is 10.1. The van der Waals surface area contributed by atoms with Gasteiger partial charge in [0.2, 0.25) is 5.88 Å². The van der Waals surface area contributed by atoms with Crippen LogP contribution in [0.2, 0.25) is 0 Å². The van der Waals surface area contributed by atoms with E-state index in [9.17, 15) is 5.11 Å². The van der Waals surface area contributed by atoms with E-state index in [1.54, 1.807) is 0 Å². The molecule has 6 rings (SSSR count). The highest BCUT2D eigenvalue weighted by molar-refractivity contribution is 9.10. The molecule has 4 aromatic carbocycles. The first-order valence-electron chi connectivity index (χ1n) is 13.2. The Labute approximate surface area is 232 Å². The number of unbranched alkanes of at least 4 members (excludes halogenated alkanes) is 1. The Morgan fingerprint density at radius 2 is 1.68 bits per heavy atom. The molecule has 0 saturated carbocycles. The van der Waals surface area contributed by atoms with Gasteiger partial charge in [-0.3, -0.25) is 0 Å². The Kier molecular flexibility index (Phi) is 6.68. The molecule has 38 heavy (non-hydrogen) atoms. The summed E-state index contributed by atoms with van der Waals surface area (Å²) in [5, 5.41) is 16.0. The van der Waals surface area contributed by atoms with Crippen LogP contribution in [0.5, 0.6) is 11.6 Å². The predicted octanol–water partition coefficient (Wildman–Crippen LogP) is 8.01. The van der Waals surface area contributed by atoms with Crippen molar-refractivity contribution in [1.82, 2.24) is 9.88 Å². The highest BCUT2D eigenvalue weighted by atomic mass is 79.9. The van der Waals surface area contributed by atoms with Crippen LogP contribution in [0.4, 0.5) is 0 Å². The molecule has 1 N–H and O–H groups in total. The number of rotatable bonds is 6. The van der Waals surface area contributed by atoms with Crippen LogP contribution in [0.25, 0.3) is 21.7 Å². The minimum Gasteiger partial charge on any atom is -0.438 e. The van der Waals surface area contributed by atoms with Crippen molar-refractivity contribution in [3.63, 3.8) is 0 Å². The van der Waals surface area contributed by atoms with E-state index in [1.165, 1.54) is 0 Å². The van der Waals surface area contributed by atoms with Crippen molar-refractivity contribution < 1.29 is 9.84 Å². The quantitative estimate of drug-likeness (QED) is 0.211. The highest BCUT2D eigenvalue weighted by Crippen LogP contribution is 2.52. The number of benzene rings is 4. The van der Waals surface area contributed by atoms with Gasteiger partial charge in [0.25, 0.3) is 0 Å². The average Bonchev–Trinajstić information content (AvgIpc) is 2.91. The number of halogens is 1. The molecule has 1 aliphatic heterocycles. The van der Waals surface area contributed by atoms with Crippen molar-refractivity contribution in [1.29, 1.82) is 0 Å². The Morgan fingerprint density at radius 3 is 2.50 bits per heavy atom. The Morgan fingerprint density at radius 1 is 0.895 bits per heavy atom. The van der Waals surface area contributed by atoms with E-state index >= 15 is 0 Å². The van der Waals surface area contributed by atoms with E-state index in [4.69, 9.17) is 9.72 Å². The molecule has 2 bridgehead atoms. The number of nitrogens with zero attached hydrogens (tertiary/aromatic N) is 2. The molecular weight excluding hydrogens is 536 g/mol. The van der Waals surface area contributed by atoms with Crippen LogP contribution in [0, 0.1) is 0 Å². The predicted molar refractivity (Wildman–Crippen MR) is 158 cm³/mol. The lowest BCUT2D eigenvalue weighted by atomic mass is 9.70. The molecule has 0 spiro atoms. The highest BCUT2D eigenvalue weighted by Gasteiger charge is 2.43. The lowest BCUT2D eigenvalue weighted by Gasteiger charge is -2.40. The van der Waals surface area contributed by atoms with Crippen LogP contribution in [0.3, 0.4) is 0 Å². The molecule has 5 heteroatoms. The van der Waals surface area contributed by atoms with E-state index in [2.05, 4.69) is 77.4 Å². The van der Waals surface area contributed by atoms with Gasteiger partial charge in [0.15, 0.2) is 0 Å². The van der Waals surface area contributed by atoms with Gasteiger partial charge >= 0.3 is 0 Å². The van der Waals surface area contributed by atoms with E-state index in [-0.39, 0.29) is 5.92 Å². The van der Waals surface area contributed by atoms with Crippen LogP contribution >= 0.6 is 15.9 Å². The normalized spacial score (nSPS) is 18.7. The number of hydrogen-bond donors (Lipinski definition) is 1. The van der Waals surface area contributed by atoms with Crippen molar-refractivity contribution in [3.05, 3.63) is 112 Å². The van der Waals surface area contributed by atoms with Gasteiger partial charge in [-0.05, 0) is 92.8 Å². The second-order valence-electron chi connectivity index (χ2n) is 10.5. The molecule has 1 aromatic heterocycles. The number of ether oxygens (including phenoxy) is 1. The van der Waals surface area contributed by atoms with Crippen molar-refractivity contribution in [2.24, 2.45) is 0 Å². The van der Waals surface area contributed by atoms with Crippen LogP contribution in [-0.2, 0) is 5.60 Å². The van der Waals surface area contributed by atoms with Gasteiger partial charge in [0.1, 0.15) is 11.4 Å². The van der Waals surface area contributed by atoms with Crippen LogP contribution in [0.1, 0.15) is 41.9 Å². The SMILES string of the molecule is CN(C)CCCCC1(O)c2cc(c3ccccc3c2)Oc2nc3ccc(Br)cc3cc2C1c1ccccc1. The summed E-state index contributed by atoms with van der Waals surface area (Å²) in [4.78, 5) is 7.22. The van der Waals surface area contributed by atoms with Crippen molar-refractivity contribution >= 4 is 37.6 Å². The fourth-order valence-electron chi connectivity index (χ4n) is 5.78. The standard InChI is InChI=1S/C33H31BrN2O2/c1-36(2)17-9-8-16-33(37)25-18-23-12-6-7-13-27(23)30(21-25)38-32-28(31(33)22-10-4-3-5-11-22)20-24-19-26(34)14-15-29(24)35-32/h3-7,10-15,18-21,31,37H,8-9,16-17H2,1-2H3. The van der Waals surface area contributed by atoms with E-state index in [1.807, 2.05) is 48.5 Å². The lowest BCUT2D eigenvalue weighted by Crippen LogP contribution is -2.36. The molecule has 4 nitrogen and oxygen atoms in total. The second-order valence-corrected chi connectivity index (χ2v) is 11.5. The van der Waals surface area contributed by atoms with Crippen molar-refractivity contribution in [2.75, 3.05) is 20.6 Å². The number of pyridine rings is 1. The minimum absolute atomic E-state index is 0.358. The maximum absolute atomic E-state index is 12.9. The molecule has 1 aliphatic rings. The van der Waals surface area contributed by atoms with Crippen molar-refractivity contribution in [2.45, 2.75) is 30.8 Å². The van der Waals surface area contributed by atoms with Gasteiger partial charge in [-0.15, -0.1) is 0 Å². The molecule has 192 valence electrons. The summed E-state index contributed by atoms with van der Waals surface area (Å²) in [6, 6.07) is 30.9. The summed E-state index contributed by atoms with van der Waals surface area (Å²) in [6.07, 6.45) is 2.51. The van der Waals surface area contributed by atoms with Gasteiger partial charge in [-0.1, -0.05) is 70.5 Å². The third-order valence-electron chi connectivity index (χ3n) is 7.63. The maximum atomic E-state index is 12.9. The fourth-order valence-corrected chi connectivity index (χ4v) is 6.16. The van der Waals surface area contributed by atoms with Crippen LogP contribution in [0.15, 0.2) is 95.5 Å². The zero-order valence-corrected chi connectivity index (χ0v) is 23.3. The topological polar surface area (TPSA) is 45.6 Å². The Balaban J connectivity index is 1.64. The molecule has 0 aliphatic carbocycles. The first-order valence-corrected chi connectivity index (χ1v) is 13.9. The van der Waals surface area contributed by atoms with Gasteiger partial charge in [0.05, 0.1) is 5.52 Å². The fraction of sp³-hybridized carbons (Fsp3) is 0.242. The monoisotopic (exact) mass is 566 g/mol. The summed E-state index contributed by atoms with van der Waals surface area (Å²) in [5.74, 6) is 0.909. The maximum Gasteiger partial charge on any atom is 0.223 e. The molecule has 2 unspecified atom stereocenters. The number of aliphatic hydroxyl groups is 1. The van der Waals surface area contributed by atoms with E-state index < -0.39 is 5.60 Å². The summed E-state index contributed by atoms with van der Waals surface area (Å²) in [6.45, 7) is 0.981.